The molecule has 1 aromatic heterocycles. The number of carboxylic acids is 1. The van der Waals surface area contributed by atoms with Gasteiger partial charge in [-0.3, -0.25) is 4.79 Å². The monoisotopic (exact) mass is 248 g/mol. The Morgan fingerprint density at radius 1 is 1.33 bits per heavy atom. The molecule has 1 saturated carbocycles. The molecule has 1 aliphatic rings. The number of carbonyl (C=O) groups is 1. The minimum Gasteiger partial charge on any atom is -0.481 e. The summed E-state index contributed by atoms with van der Waals surface area (Å²) >= 11 is 0. The van der Waals surface area contributed by atoms with Crippen molar-refractivity contribution < 1.29 is 9.90 Å². The largest absolute Gasteiger partial charge is 0.481 e. The molecule has 1 aliphatic carbocycles. The van der Waals surface area contributed by atoms with Crippen molar-refractivity contribution in [1.82, 2.24) is 9.97 Å². The summed E-state index contributed by atoms with van der Waals surface area (Å²) in [5.41, 5.74) is 2.09. The van der Waals surface area contributed by atoms with Gasteiger partial charge >= 0.3 is 5.97 Å². The van der Waals surface area contributed by atoms with E-state index in [2.05, 4.69) is 16.9 Å². The van der Waals surface area contributed by atoms with Gasteiger partial charge in [0.1, 0.15) is 5.82 Å². The molecule has 1 fully saturated rings. The third-order valence-electron chi connectivity index (χ3n) is 3.73. The smallest absolute Gasteiger partial charge is 0.306 e. The number of rotatable bonds is 3. The van der Waals surface area contributed by atoms with Crippen LogP contribution in [-0.4, -0.2) is 21.0 Å². The van der Waals surface area contributed by atoms with E-state index in [0.717, 1.165) is 49.3 Å². The zero-order chi connectivity index (χ0) is 13.1. The molecule has 18 heavy (non-hydrogen) atoms. The predicted molar refractivity (Wildman–Crippen MR) is 68.5 cm³/mol. The Balaban J connectivity index is 2.09. The van der Waals surface area contributed by atoms with Crippen LogP contribution in [0.5, 0.6) is 0 Å². The van der Waals surface area contributed by atoms with E-state index in [4.69, 9.17) is 5.11 Å². The summed E-state index contributed by atoms with van der Waals surface area (Å²) in [6, 6.07) is 2.02. The molecule has 0 unspecified atom stereocenters. The zero-order valence-corrected chi connectivity index (χ0v) is 11.0. The van der Waals surface area contributed by atoms with E-state index < -0.39 is 5.97 Å². The van der Waals surface area contributed by atoms with Crippen molar-refractivity contribution in [2.45, 2.75) is 51.9 Å². The molecule has 1 aromatic rings. The molecule has 0 bridgehead atoms. The molecule has 0 aliphatic heterocycles. The molecule has 0 amide bonds. The molecule has 0 radical (unpaired) electrons. The first-order chi connectivity index (χ1) is 8.60. The number of hydrogen-bond acceptors (Lipinski definition) is 3. The van der Waals surface area contributed by atoms with Gasteiger partial charge in [0.05, 0.1) is 5.92 Å². The quantitative estimate of drug-likeness (QED) is 0.893. The fourth-order valence-electron chi connectivity index (χ4n) is 2.62. The molecule has 98 valence electrons. The van der Waals surface area contributed by atoms with Crippen molar-refractivity contribution in [2.75, 3.05) is 0 Å². The summed E-state index contributed by atoms with van der Waals surface area (Å²) in [6.07, 6.45) is 4.20. The van der Waals surface area contributed by atoms with Crippen LogP contribution in [0.1, 0.15) is 55.7 Å². The third kappa shape index (κ3) is 2.86. The van der Waals surface area contributed by atoms with Crippen LogP contribution in [0, 0.1) is 12.8 Å². The molecule has 0 saturated heterocycles. The standard InChI is InChI=1S/C14H20N2O2/c1-3-12-8-9(2)15-13(16-12)10-4-6-11(7-5-10)14(17)18/h8,10-11H,3-7H2,1-2H3,(H,17,18). The van der Waals surface area contributed by atoms with Crippen molar-refractivity contribution in [1.29, 1.82) is 0 Å². The maximum Gasteiger partial charge on any atom is 0.306 e. The van der Waals surface area contributed by atoms with Gasteiger partial charge in [-0.25, -0.2) is 9.97 Å². The van der Waals surface area contributed by atoms with E-state index in [1.54, 1.807) is 0 Å². The molecule has 0 aromatic carbocycles. The number of nitrogens with zero attached hydrogens (tertiary/aromatic N) is 2. The van der Waals surface area contributed by atoms with Crippen LogP contribution in [0.3, 0.4) is 0 Å². The number of hydrogen-bond donors (Lipinski definition) is 1. The summed E-state index contributed by atoms with van der Waals surface area (Å²) in [5, 5.41) is 8.99. The van der Waals surface area contributed by atoms with Gasteiger partial charge in [0.2, 0.25) is 0 Å². The fraction of sp³-hybridized carbons (Fsp3) is 0.643. The lowest BCUT2D eigenvalue weighted by molar-refractivity contribution is -0.142. The molecule has 0 spiro atoms. The summed E-state index contributed by atoms with van der Waals surface area (Å²) in [7, 11) is 0. The summed E-state index contributed by atoms with van der Waals surface area (Å²) < 4.78 is 0. The van der Waals surface area contributed by atoms with E-state index in [1.165, 1.54) is 0 Å². The number of aliphatic carboxylic acids is 1. The van der Waals surface area contributed by atoms with Crippen LogP contribution in [0.15, 0.2) is 6.07 Å². The molecule has 1 heterocycles. The van der Waals surface area contributed by atoms with Gasteiger partial charge in [0, 0.05) is 17.3 Å². The van der Waals surface area contributed by atoms with E-state index in [9.17, 15) is 4.79 Å². The van der Waals surface area contributed by atoms with Crippen LogP contribution in [0.4, 0.5) is 0 Å². The van der Waals surface area contributed by atoms with Gasteiger partial charge in [0.25, 0.3) is 0 Å². The number of aryl methyl sites for hydroxylation is 2. The Morgan fingerprint density at radius 3 is 2.56 bits per heavy atom. The molecule has 1 N–H and O–H groups in total. The van der Waals surface area contributed by atoms with E-state index >= 15 is 0 Å². The lowest BCUT2D eigenvalue weighted by atomic mass is 9.81. The summed E-state index contributed by atoms with van der Waals surface area (Å²) in [6.45, 7) is 4.08. The van der Waals surface area contributed by atoms with Crippen LogP contribution in [-0.2, 0) is 11.2 Å². The maximum absolute atomic E-state index is 10.9. The second kappa shape index (κ2) is 5.46. The third-order valence-corrected chi connectivity index (χ3v) is 3.73. The summed E-state index contributed by atoms with van der Waals surface area (Å²) in [4.78, 5) is 20.0. The van der Waals surface area contributed by atoms with Gasteiger partial charge in [-0.1, -0.05) is 6.92 Å². The average molecular weight is 248 g/mol. The van der Waals surface area contributed by atoms with Gasteiger partial charge in [-0.2, -0.15) is 0 Å². The normalized spacial score (nSPS) is 23.9. The molecule has 0 atom stereocenters. The first-order valence-corrected chi connectivity index (χ1v) is 6.67. The lowest BCUT2D eigenvalue weighted by Crippen LogP contribution is -2.21. The molecular formula is C14H20N2O2. The second-order valence-corrected chi connectivity index (χ2v) is 5.10. The van der Waals surface area contributed by atoms with E-state index in [1.807, 2.05) is 13.0 Å². The molecule has 4 heteroatoms. The Hall–Kier alpha value is -1.45. The lowest BCUT2D eigenvalue weighted by Gasteiger charge is -2.25. The van der Waals surface area contributed by atoms with Crippen molar-refractivity contribution in [3.8, 4) is 0 Å². The topological polar surface area (TPSA) is 63.1 Å². The van der Waals surface area contributed by atoms with Gasteiger partial charge in [-0.05, 0) is 45.1 Å². The second-order valence-electron chi connectivity index (χ2n) is 5.10. The van der Waals surface area contributed by atoms with Crippen LogP contribution in [0.25, 0.3) is 0 Å². The predicted octanol–water partition coefficient (Wildman–Crippen LogP) is 2.71. The Bertz CT molecular complexity index is 437. The van der Waals surface area contributed by atoms with Crippen molar-refractivity contribution in [2.24, 2.45) is 5.92 Å². The number of carboxylic acid groups (broad SMARTS) is 1. The first kappa shape index (κ1) is 13.0. The minimum absolute atomic E-state index is 0.170. The Morgan fingerprint density at radius 2 is 2.00 bits per heavy atom. The minimum atomic E-state index is -0.659. The SMILES string of the molecule is CCc1cc(C)nc(C2CCC(C(=O)O)CC2)n1. The van der Waals surface area contributed by atoms with Gasteiger partial charge in [-0.15, -0.1) is 0 Å². The Labute approximate surface area is 107 Å². The molecule has 4 nitrogen and oxygen atoms in total. The zero-order valence-electron chi connectivity index (χ0n) is 11.0. The van der Waals surface area contributed by atoms with E-state index in [-0.39, 0.29) is 5.92 Å². The first-order valence-electron chi connectivity index (χ1n) is 6.67. The fourth-order valence-corrected chi connectivity index (χ4v) is 2.62. The summed E-state index contributed by atoms with van der Waals surface area (Å²) in [5.74, 6) is 0.422. The highest BCUT2D eigenvalue weighted by atomic mass is 16.4. The van der Waals surface area contributed by atoms with Crippen LogP contribution in [0.2, 0.25) is 0 Å². The molecule has 2 rings (SSSR count). The van der Waals surface area contributed by atoms with E-state index in [0.29, 0.717) is 5.92 Å². The maximum atomic E-state index is 10.9. The van der Waals surface area contributed by atoms with Crippen LogP contribution >= 0.6 is 0 Å². The van der Waals surface area contributed by atoms with Gasteiger partial charge < -0.3 is 5.11 Å². The van der Waals surface area contributed by atoms with Crippen LogP contribution < -0.4 is 0 Å². The van der Waals surface area contributed by atoms with Crippen molar-refractivity contribution in [3.05, 3.63) is 23.3 Å². The molecular weight excluding hydrogens is 228 g/mol. The van der Waals surface area contributed by atoms with Gasteiger partial charge in [0.15, 0.2) is 0 Å². The van der Waals surface area contributed by atoms with Crippen molar-refractivity contribution >= 4 is 5.97 Å². The highest BCUT2D eigenvalue weighted by molar-refractivity contribution is 5.70. The highest BCUT2D eigenvalue weighted by Gasteiger charge is 2.28. The highest BCUT2D eigenvalue weighted by Crippen LogP contribution is 2.34. The Kier molecular flexibility index (Phi) is 3.94. The van der Waals surface area contributed by atoms with Crippen molar-refractivity contribution in [3.63, 3.8) is 0 Å². The number of aromatic nitrogens is 2. The average Bonchev–Trinajstić information content (AvgIpc) is 2.38.